The molecular weight excluding hydrogens is 439 g/mol. The van der Waals surface area contributed by atoms with E-state index in [-0.39, 0.29) is 17.4 Å². The minimum Gasteiger partial charge on any atom is -0.472 e. The Labute approximate surface area is 195 Å². The number of halogens is 1. The monoisotopic (exact) mass is 464 g/mol. The van der Waals surface area contributed by atoms with Crippen LogP contribution in [-0.4, -0.2) is 28.5 Å². The van der Waals surface area contributed by atoms with Crippen LogP contribution in [0.5, 0.6) is 0 Å². The number of methoxy groups -OCH3 is 1. The van der Waals surface area contributed by atoms with Crippen molar-refractivity contribution in [3.8, 4) is 0 Å². The topological polar surface area (TPSA) is 98.4 Å². The maximum absolute atomic E-state index is 13.2. The molecule has 0 saturated heterocycles. The van der Waals surface area contributed by atoms with Gasteiger partial charge in [-0.05, 0) is 35.7 Å². The molecule has 0 unspecified atom stereocenters. The molecule has 0 saturated carbocycles. The number of carbonyl (C=O) groups is 2. The molecule has 0 aliphatic carbocycles. The van der Waals surface area contributed by atoms with Gasteiger partial charge in [0.05, 0.1) is 36.5 Å². The smallest absolute Gasteiger partial charge is 0.356 e. The number of hydrogen-bond acceptors (Lipinski definition) is 6. The first-order chi connectivity index (χ1) is 16.4. The van der Waals surface area contributed by atoms with Crippen LogP contribution in [0.25, 0.3) is 11.0 Å². The van der Waals surface area contributed by atoms with E-state index in [1.54, 1.807) is 22.9 Å². The van der Waals surface area contributed by atoms with Crippen LogP contribution in [0.1, 0.15) is 40.3 Å². The molecule has 0 aliphatic rings. The van der Waals surface area contributed by atoms with Gasteiger partial charge in [-0.15, -0.1) is 0 Å². The first kappa shape index (κ1) is 23.0. The highest BCUT2D eigenvalue weighted by Gasteiger charge is 2.27. The number of nitrogens with zero attached hydrogens (tertiary/aromatic N) is 2. The molecule has 4 aromatic rings. The lowest BCUT2D eigenvalue weighted by Gasteiger charge is -2.12. The van der Waals surface area contributed by atoms with Crippen LogP contribution in [0.3, 0.4) is 0 Å². The highest BCUT2D eigenvalue weighted by molar-refractivity contribution is 6.14. The Balaban J connectivity index is 1.78. The normalized spacial score (nSPS) is 11.1. The molecule has 0 atom stereocenters. The number of rotatable bonds is 8. The van der Waals surface area contributed by atoms with Gasteiger partial charge in [0.2, 0.25) is 0 Å². The minimum absolute atomic E-state index is 0.203. The molecule has 8 nitrogen and oxygen atoms in total. The number of esters is 1. The fourth-order valence-corrected chi connectivity index (χ4v) is 3.69. The predicted octanol–water partition coefficient (Wildman–Crippen LogP) is 5.08. The number of fused-ring (bicyclic) bond motifs is 1. The zero-order valence-corrected chi connectivity index (χ0v) is 19.1. The summed E-state index contributed by atoms with van der Waals surface area (Å²) in [7, 11) is 1.30. The van der Waals surface area contributed by atoms with E-state index in [1.165, 1.54) is 37.8 Å². The van der Waals surface area contributed by atoms with E-state index >= 15 is 0 Å². The average molecular weight is 464 g/mol. The van der Waals surface area contributed by atoms with Crippen LogP contribution < -0.4 is 10.6 Å². The number of carbonyl (C=O) groups excluding carboxylic acids is 2. The molecule has 34 heavy (non-hydrogen) atoms. The van der Waals surface area contributed by atoms with Crippen LogP contribution in [0.2, 0.25) is 0 Å². The van der Waals surface area contributed by atoms with Crippen molar-refractivity contribution >= 4 is 34.3 Å². The van der Waals surface area contributed by atoms with E-state index in [9.17, 15) is 14.0 Å². The lowest BCUT2D eigenvalue weighted by Crippen LogP contribution is -2.18. The summed E-state index contributed by atoms with van der Waals surface area (Å²) in [6, 6.07) is 9.54. The number of hydrogen-bond donors (Lipinski definition) is 2. The SMILES string of the molecule is COC(=O)c1c(NC(=O)c2ccoc2)c2cc(NCc3ccc(F)cc3)cnc2n1CC(C)C. The maximum Gasteiger partial charge on any atom is 0.356 e. The van der Waals surface area contributed by atoms with Gasteiger partial charge in [-0.25, -0.2) is 14.2 Å². The summed E-state index contributed by atoms with van der Waals surface area (Å²) in [5.74, 6) is -1.10. The summed E-state index contributed by atoms with van der Waals surface area (Å²) in [6.45, 7) is 4.99. The quantitative estimate of drug-likeness (QED) is 0.353. The third-order valence-electron chi connectivity index (χ3n) is 5.26. The van der Waals surface area contributed by atoms with Gasteiger partial charge in [0, 0.05) is 18.5 Å². The maximum atomic E-state index is 13.2. The van der Waals surface area contributed by atoms with Gasteiger partial charge in [-0.1, -0.05) is 26.0 Å². The number of amides is 1. The Hall–Kier alpha value is -4.14. The fraction of sp³-hybridized carbons (Fsp3) is 0.240. The third-order valence-corrected chi connectivity index (χ3v) is 5.26. The summed E-state index contributed by atoms with van der Waals surface area (Å²) in [5, 5.41) is 6.68. The third kappa shape index (κ3) is 4.78. The number of pyridine rings is 1. The van der Waals surface area contributed by atoms with Gasteiger partial charge < -0.3 is 24.4 Å². The Morgan fingerprint density at radius 2 is 1.97 bits per heavy atom. The van der Waals surface area contributed by atoms with Crippen molar-refractivity contribution in [1.82, 2.24) is 9.55 Å². The summed E-state index contributed by atoms with van der Waals surface area (Å²) < 4.78 is 25.0. The molecular formula is C25H25FN4O4. The van der Waals surface area contributed by atoms with Gasteiger partial charge in [-0.2, -0.15) is 0 Å². The Morgan fingerprint density at radius 1 is 1.21 bits per heavy atom. The minimum atomic E-state index is -0.582. The van der Waals surface area contributed by atoms with E-state index in [0.717, 1.165) is 5.56 Å². The molecule has 3 aromatic heterocycles. The van der Waals surface area contributed by atoms with Crippen LogP contribution >= 0.6 is 0 Å². The molecule has 2 N–H and O–H groups in total. The number of nitrogens with one attached hydrogen (secondary N) is 2. The molecule has 3 heterocycles. The molecule has 1 amide bonds. The molecule has 0 radical (unpaired) electrons. The fourth-order valence-electron chi connectivity index (χ4n) is 3.69. The number of ether oxygens (including phenoxy) is 1. The van der Waals surface area contributed by atoms with E-state index in [1.807, 2.05) is 19.9 Å². The molecule has 9 heteroatoms. The van der Waals surface area contributed by atoms with Gasteiger partial charge >= 0.3 is 5.97 Å². The second-order valence-electron chi connectivity index (χ2n) is 8.26. The lowest BCUT2D eigenvalue weighted by molar-refractivity contribution is 0.0589. The molecule has 0 aliphatic heterocycles. The Bertz CT molecular complexity index is 1310. The second kappa shape index (κ2) is 9.78. The van der Waals surface area contributed by atoms with Crippen LogP contribution in [0.15, 0.2) is 59.5 Å². The van der Waals surface area contributed by atoms with Crippen molar-refractivity contribution in [3.05, 3.63) is 77.8 Å². The van der Waals surface area contributed by atoms with Crippen molar-refractivity contribution in [2.45, 2.75) is 26.9 Å². The summed E-state index contributed by atoms with van der Waals surface area (Å²) >= 11 is 0. The van der Waals surface area contributed by atoms with Crippen molar-refractivity contribution in [2.75, 3.05) is 17.7 Å². The van der Waals surface area contributed by atoms with E-state index in [2.05, 4.69) is 15.6 Å². The van der Waals surface area contributed by atoms with Crippen molar-refractivity contribution in [2.24, 2.45) is 5.92 Å². The molecule has 1 aromatic carbocycles. The predicted molar refractivity (Wildman–Crippen MR) is 126 cm³/mol. The van der Waals surface area contributed by atoms with Crippen molar-refractivity contribution in [3.63, 3.8) is 0 Å². The van der Waals surface area contributed by atoms with Crippen LogP contribution in [0.4, 0.5) is 15.8 Å². The molecule has 0 bridgehead atoms. The molecule has 176 valence electrons. The molecule has 4 rings (SSSR count). The van der Waals surface area contributed by atoms with Crippen LogP contribution in [-0.2, 0) is 17.8 Å². The van der Waals surface area contributed by atoms with Crippen LogP contribution in [0, 0.1) is 11.7 Å². The Morgan fingerprint density at radius 3 is 2.62 bits per heavy atom. The van der Waals surface area contributed by atoms with E-state index < -0.39 is 11.9 Å². The first-order valence-corrected chi connectivity index (χ1v) is 10.8. The van der Waals surface area contributed by atoms with E-state index in [4.69, 9.17) is 9.15 Å². The molecule has 0 spiro atoms. The highest BCUT2D eigenvalue weighted by Crippen LogP contribution is 2.33. The summed E-state index contributed by atoms with van der Waals surface area (Å²) in [6.07, 6.45) is 4.39. The van der Waals surface area contributed by atoms with Gasteiger partial charge in [-0.3, -0.25) is 4.79 Å². The molecule has 0 fully saturated rings. The highest BCUT2D eigenvalue weighted by atomic mass is 19.1. The van der Waals surface area contributed by atoms with Gasteiger partial charge in [0.1, 0.15) is 17.7 Å². The average Bonchev–Trinajstić information content (AvgIpc) is 3.45. The van der Waals surface area contributed by atoms with E-state index in [0.29, 0.717) is 41.1 Å². The first-order valence-electron chi connectivity index (χ1n) is 10.8. The zero-order chi connectivity index (χ0) is 24.2. The summed E-state index contributed by atoms with van der Waals surface area (Å²) in [5.41, 5.74) is 2.96. The van der Waals surface area contributed by atoms with Gasteiger partial charge in [0.25, 0.3) is 5.91 Å². The second-order valence-corrected chi connectivity index (χ2v) is 8.26. The van der Waals surface area contributed by atoms with Gasteiger partial charge in [0.15, 0.2) is 5.69 Å². The Kier molecular flexibility index (Phi) is 6.62. The summed E-state index contributed by atoms with van der Waals surface area (Å²) in [4.78, 5) is 30.2. The standard InChI is InChI=1S/C25H25FN4O4/c1-15(2)13-30-22(25(32)33-3)21(29-24(31)17-8-9-34-14-17)20-10-19(12-28-23(20)30)27-11-16-4-6-18(26)7-5-16/h4-10,12,14-15,27H,11,13H2,1-3H3,(H,29,31). The van der Waals surface area contributed by atoms with Crippen molar-refractivity contribution < 1.29 is 23.1 Å². The number of anilines is 2. The van der Waals surface area contributed by atoms with Crippen molar-refractivity contribution in [1.29, 1.82) is 0 Å². The largest absolute Gasteiger partial charge is 0.472 e. The number of furan rings is 1. The number of aromatic nitrogens is 2. The lowest BCUT2D eigenvalue weighted by atomic mass is 10.2. The zero-order valence-electron chi connectivity index (χ0n) is 19.1. The number of benzene rings is 1.